The van der Waals surface area contributed by atoms with E-state index >= 15 is 0 Å². The van der Waals surface area contributed by atoms with Gasteiger partial charge < -0.3 is 14.6 Å². The van der Waals surface area contributed by atoms with E-state index in [2.05, 4.69) is 9.47 Å². The maximum atomic E-state index is 11.5. The van der Waals surface area contributed by atoms with Crippen LogP contribution in [0.2, 0.25) is 0 Å². The van der Waals surface area contributed by atoms with Crippen molar-refractivity contribution in [3.8, 4) is 5.75 Å². The number of aromatic hydroxyl groups is 1. The number of ether oxygens (including phenoxy) is 2. The lowest BCUT2D eigenvalue weighted by atomic mass is 10.0. The summed E-state index contributed by atoms with van der Waals surface area (Å²) < 4.78 is 9.08. The number of esters is 2. The number of aryl methyl sites for hydroxylation is 1. The first kappa shape index (κ1) is 13.0. The third-order valence-corrected chi connectivity index (χ3v) is 2.44. The molecule has 0 amide bonds. The fourth-order valence-electron chi connectivity index (χ4n) is 1.53. The van der Waals surface area contributed by atoms with Crippen molar-refractivity contribution >= 4 is 11.9 Å². The fraction of sp³-hybridized carbons (Fsp3) is 0.333. The molecule has 0 aliphatic carbocycles. The van der Waals surface area contributed by atoms with E-state index in [0.717, 1.165) is 0 Å². The van der Waals surface area contributed by atoms with Crippen molar-refractivity contribution in [2.45, 2.75) is 13.3 Å². The Morgan fingerprint density at radius 2 is 1.76 bits per heavy atom. The number of hydrogen-bond acceptors (Lipinski definition) is 5. The molecule has 1 rings (SSSR count). The predicted octanol–water partition coefficient (Wildman–Crippen LogP) is 1.53. The van der Waals surface area contributed by atoms with E-state index in [0.29, 0.717) is 12.0 Å². The van der Waals surface area contributed by atoms with Gasteiger partial charge in [-0.25, -0.2) is 9.59 Å². The van der Waals surface area contributed by atoms with Crippen molar-refractivity contribution in [2.75, 3.05) is 14.2 Å². The lowest BCUT2D eigenvalue weighted by Gasteiger charge is -2.11. The number of carbonyl (C=O) groups is 2. The minimum atomic E-state index is -0.699. The number of carbonyl (C=O) groups excluding carboxylic acids is 2. The number of hydrogen-bond donors (Lipinski definition) is 1. The van der Waals surface area contributed by atoms with E-state index < -0.39 is 17.7 Å². The van der Waals surface area contributed by atoms with Gasteiger partial charge in [0, 0.05) is 0 Å². The molecule has 0 bridgehead atoms. The van der Waals surface area contributed by atoms with Crippen molar-refractivity contribution in [3.05, 3.63) is 28.8 Å². The average Bonchev–Trinajstić information content (AvgIpc) is 2.36. The van der Waals surface area contributed by atoms with Crippen LogP contribution in [0.3, 0.4) is 0 Å². The monoisotopic (exact) mass is 238 g/mol. The van der Waals surface area contributed by atoms with Gasteiger partial charge in [-0.05, 0) is 18.1 Å². The van der Waals surface area contributed by atoms with Gasteiger partial charge in [-0.3, -0.25) is 0 Å². The van der Waals surface area contributed by atoms with E-state index in [1.807, 2.05) is 6.92 Å². The number of methoxy groups -OCH3 is 2. The highest BCUT2D eigenvalue weighted by Crippen LogP contribution is 2.27. The standard InChI is InChI=1S/C12H14O5/c1-4-7-5-6-8(11(14)16-2)10(13)9(7)12(15)17-3/h5-6,13H,4H2,1-3H3. The van der Waals surface area contributed by atoms with Gasteiger partial charge >= 0.3 is 11.9 Å². The van der Waals surface area contributed by atoms with Gasteiger partial charge in [0.05, 0.1) is 14.2 Å². The highest BCUT2D eigenvalue weighted by molar-refractivity contribution is 6.01. The predicted molar refractivity (Wildman–Crippen MR) is 60.2 cm³/mol. The van der Waals surface area contributed by atoms with Crippen molar-refractivity contribution in [2.24, 2.45) is 0 Å². The molecule has 0 aliphatic rings. The topological polar surface area (TPSA) is 72.8 Å². The summed E-state index contributed by atoms with van der Waals surface area (Å²) in [4.78, 5) is 22.9. The molecular formula is C12H14O5. The molecule has 5 nitrogen and oxygen atoms in total. The highest BCUT2D eigenvalue weighted by atomic mass is 16.5. The Balaban J connectivity index is 3.42. The minimum Gasteiger partial charge on any atom is -0.506 e. The zero-order chi connectivity index (χ0) is 13.0. The summed E-state index contributed by atoms with van der Waals surface area (Å²) in [6.07, 6.45) is 0.541. The van der Waals surface area contributed by atoms with Crippen LogP contribution in [0, 0.1) is 0 Å². The molecule has 0 saturated carbocycles. The van der Waals surface area contributed by atoms with E-state index in [1.54, 1.807) is 6.07 Å². The summed E-state index contributed by atoms with van der Waals surface area (Å²) in [7, 11) is 2.42. The molecule has 0 fully saturated rings. The van der Waals surface area contributed by atoms with E-state index in [-0.39, 0.29) is 11.1 Å². The van der Waals surface area contributed by atoms with Crippen molar-refractivity contribution in [3.63, 3.8) is 0 Å². The summed E-state index contributed by atoms with van der Waals surface area (Å²) >= 11 is 0. The lowest BCUT2D eigenvalue weighted by Crippen LogP contribution is -2.10. The highest BCUT2D eigenvalue weighted by Gasteiger charge is 2.22. The molecule has 0 aromatic heterocycles. The molecule has 0 unspecified atom stereocenters. The van der Waals surface area contributed by atoms with Crippen LogP contribution in [0.1, 0.15) is 33.2 Å². The Kier molecular flexibility index (Phi) is 4.09. The van der Waals surface area contributed by atoms with Gasteiger partial charge in [0.2, 0.25) is 0 Å². The minimum absolute atomic E-state index is 0.0119. The quantitative estimate of drug-likeness (QED) is 0.808. The SMILES string of the molecule is CCc1ccc(C(=O)OC)c(O)c1C(=O)OC. The third-order valence-electron chi connectivity index (χ3n) is 2.44. The molecule has 1 aromatic carbocycles. The van der Waals surface area contributed by atoms with Crippen molar-refractivity contribution < 1.29 is 24.2 Å². The number of rotatable bonds is 3. The molecular weight excluding hydrogens is 224 g/mol. The van der Waals surface area contributed by atoms with Crippen LogP contribution < -0.4 is 0 Å². The Labute approximate surface area is 99.0 Å². The molecule has 0 spiro atoms. The van der Waals surface area contributed by atoms with Gasteiger partial charge in [0.25, 0.3) is 0 Å². The Bertz CT molecular complexity index is 450. The molecule has 1 N–H and O–H groups in total. The second kappa shape index (κ2) is 5.34. The summed E-state index contributed by atoms with van der Waals surface area (Å²) in [5.41, 5.74) is 0.574. The van der Waals surface area contributed by atoms with Crippen LogP contribution in [-0.2, 0) is 15.9 Å². The molecule has 92 valence electrons. The molecule has 0 heterocycles. The van der Waals surface area contributed by atoms with E-state index in [1.165, 1.54) is 20.3 Å². The molecule has 0 radical (unpaired) electrons. The van der Waals surface area contributed by atoms with Crippen molar-refractivity contribution in [1.82, 2.24) is 0 Å². The Morgan fingerprint density at radius 1 is 1.18 bits per heavy atom. The molecule has 0 aliphatic heterocycles. The van der Waals surface area contributed by atoms with Gasteiger partial charge in [0.15, 0.2) is 0 Å². The lowest BCUT2D eigenvalue weighted by molar-refractivity contribution is 0.0592. The van der Waals surface area contributed by atoms with Crippen LogP contribution in [0.4, 0.5) is 0 Å². The largest absolute Gasteiger partial charge is 0.506 e. The molecule has 1 aromatic rings. The number of benzene rings is 1. The van der Waals surface area contributed by atoms with Gasteiger partial charge in [-0.2, -0.15) is 0 Å². The summed E-state index contributed by atoms with van der Waals surface area (Å²) in [6, 6.07) is 3.02. The van der Waals surface area contributed by atoms with Crippen molar-refractivity contribution in [1.29, 1.82) is 0 Å². The molecule has 5 heteroatoms. The fourth-order valence-corrected chi connectivity index (χ4v) is 1.53. The van der Waals surface area contributed by atoms with Gasteiger partial charge in [-0.15, -0.1) is 0 Å². The Hall–Kier alpha value is -2.04. The van der Waals surface area contributed by atoms with Crippen LogP contribution in [0.15, 0.2) is 12.1 Å². The van der Waals surface area contributed by atoms with Crippen LogP contribution in [0.5, 0.6) is 5.75 Å². The van der Waals surface area contributed by atoms with Gasteiger partial charge in [-0.1, -0.05) is 13.0 Å². The maximum absolute atomic E-state index is 11.5. The summed E-state index contributed by atoms with van der Waals surface area (Å²) in [5.74, 6) is -1.77. The number of phenolic OH excluding ortho intramolecular Hbond substituents is 1. The zero-order valence-electron chi connectivity index (χ0n) is 9.94. The average molecular weight is 238 g/mol. The van der Waals surface area contributed by atoms with Crippen LogP contribution in [0.25, 0.3) is 0 Å². The molecule has 0 atom stereocenters. The van der Waals surface area contributed by atoms with E-state index in [4.69, 9.17) is 0 Å². The first-order chi connectivity index (χ1) is 8.06. The third kappa shape index (κ3) is 2.38. The van der Waals surface area contributed by atoms with Gasteiger partial charge in [0.1, 0.15) is 16.9 Å². The van der Waals surface area contributed by atoms with Crippen LogP contribution in [-0.4, -0.2) is 31.3 Å². The summed E-state index contributed by atoms with van der Waals surface area (Å²) in [6.45, 7) is 1.83. The first-order valence-electron chi connectivity index (χ1n) is 5.08. The first-order valence-corrected chi connectivity index (χ1v) is 5.08. The molecule has 0 saturated heterocycles. The van der Waals surface area contributed by atoms with Crippen LogP contribution >= 0.6 is 0 Å². The Morgan fingerprint density at radius 3 is 2.24 bits per heavy atom. The maximum Gasteiger partial charge on any atom is 0.341 e. The second-order valence-corrected chi connectivity index (χ2v) is 3.33. The number of phenols is 1. The normalized spacial score (nSPS) is 9.82. The zero-order valence-corrected chi connectivity index (χ0v) is 9.94. The van der Waals surface area contributed by atoms with E-state index in [9.17, 15) is 14.7 Å². The summed E-state index contributed by atoms with van der Waals surface area (Å²) in [5, 5.41) is 9.90. The molecule has 17 heavy (non-hydrogen) atoms. The second-order valence-electron chi connectivity index (χ2n) is 3.33. The smallest absolute Gasteiger partial charge is 0.341 e.